The first-order chi connectivity index (χ1) is 3.39. The molecule has 0 spiro atoms. The van der Waals surface area contributed by atoms with E-state index in [1.54, 1.807) is 0 Å². The van der Waals surface area contributed by atoms with Gasteiger partial charge in [-0.2, -0.15) is 0 Å². The predicted molar refractivity (Wildman–Crippen MR) is 44.9 cm³/mol. The van der Waals surface area contributed by atoms with Gasteiger partial charge in [0.25, 0.3) is 0 Å². The Balaban J connectivity index is 0.000000490. The zero-order valence-electron chi connectivity index (χ0n) is 4.81. The third-order valence-corrected chi connectivity index (χ3v) is 2.32. The Morgan fingerprint density at radius 2 is 2.12 bits per heavy atom. The summed E-state index contributed by atoms with van der Waals surface area (Å²) < 4.78 is 5.34. The van der Waals surface area contributed by atoms with Crippen molar-refractivity contribution in [2.45, 2.75) is 25.0 Å². The van der Waals surface area contributed by atoms with Crippen LogP contribution in [0.5, 0.6) is 0 Å². The Hall–Kier alpha value is 0.720. The molecule has 1 rings (SSSR count). The topological polar surface area (TPSA) is 9.23 Å². The first-order valence-corrected chi connectivity index (χ1v) is 4.16. The average molecular weight is 193 g/mol. The van der Waals surface area contributed by atoms with E-state index in [1.165, 1.54) is 29.5 Å². The van der Waals surface area contributed by atoms with Crippen LogP contribution in [0, 0.1) is 0 Å². The van der Waals surface area contributed by atoms with E-state index in [-0.39, 0.29) is 17.6 Å². The fourth-order valence-corrected chi connectivity index (χ4v) is 1.55. The predicted octanol–water partition coefficient (Wildman–Crippen LogP) is -1.57. The second kappa shape index (κ2) is 4.58. The fraction of sp³-hybridized carbons (Fsp3) is 1.00. The van der Waals surface area contributed by atoms with Crippen LogP contribution in [-0.2, 0) is 4.74 Å². The molecule has 8 heavy (non-hydrogen) atoms. The Kier molecular flexibility index (Phi) is 5.00. The van der Waals surface area contributed by atoms with Crippen molar-refractivity contribution in [1.29, 1.82) is 0 Å². The molecule has 50 valence electrons. The second-order valence-electron chi connectivity index (χ2n) is 2.18. The molecule has 0 N–H and O–H groups in total. The molecule has 0 radical (unpaired) electrons. The van der Waals surface area contributed by atoms with Gasteiger partial charge in [0.05, 0.1) is 0 Å². The summed E-state index contributed by atoms with van der Waals surface area (Å²) >= 11 is 0. The zero-order chi connectivity index (χ0) is 5.11. The molecule has 0 aromatic heterocycles. The Labute approximate surface area is 64.6 Å². The van der Waals surface area contributed by atoms with Gasteiger partial charge in [0.15, 0.2) is 0 Å². The summed E-state index contributed by atoms with van der Waals surface area (Å²) in [7, 11) is 1.23. The van der Waals surface area contributed by atoms with Crippen molar-refractivity contribution in [3.63, 3.8) is 0 Å². The van der Waals surface area contributed by atoms with Crippen molar-refractivity contribution in [2.24, 2.45) is 0 Å². The number of rotatable bonds is 0. The van der Waals surface area contributed by atoms with E-state index in [1.807, 2.05) is 0 Å². The van der Waals surface area contributed by atoms with Crippen LogP contribution in [-0.4, -0.2) is 40.2 Å². The van der Waals surface area contributed by atoms with Crippen molar-refractivity contribution in [1.82, 2.24) is 0 Å². The summed E-state index contributed by atoms with van der Waals surface area (Å²) in [5.74, 6) is 0. The average Bonchev–Trinajstić information content (AvgIpc) is 1.69. The van der Waals surface area contributed by atoms with Crippen LogP contribution in [0.1, 0.15) is 19.3 Å². The fourth-order valence-electron chi connectivity index (χ4n) is 0.902. The molecule has 1 nitrogen and oxygen atoms in total. The maximum atomic E-state index is 5.34. The van der Waals surface area contributed by atoms with Crippen molar-refractivity contribution < 1.29 is 4.74 Å². The van der Waals surface area contributed by atoms with E-state index in [0.717, 1.165) is 6.61 Å². The SMILES string of the molecule is [GeH4].[SiH3]C1CCCCO1. The minimum absolute atomic E-state index is 0. The van der Waals surface area contributed by atoms with Gasteiger partial charge in [-0.05, 0) is 19.3 Å². The molecule has 0 aromatic carbocycles. The van der Waals surface area contributed by atoms with Crippen LogP contribution in [0.25, 0.3) is 0 Å². The molecule has 1 heterocycles. The molecule has 1 unspecified atom stereocenters. The van der Waals surface area contributed by atoms with E-state index in [0.29, 0.717) is 5.73 Å². The summed E-state index contributed by atoms with van der Waals surface area (Å²) in [6, 6.07) is 0. The van der Waals surface area contributed by atoms with Gasteiger partial charge < -0.3 is 4.74 Å². The number of ether oxygens (including phenoxy) is 1. The summed E-state index contributed by atoms with van der Waals surface area (Å²) in [5.41, 5.74) is 0.675. The van der Waals surface area contributed by atoms with Crippen LogP contribution in [0.2, 0.25) is 0 Å². The molecule has 1 aliphatic heterocycles. The quantitative estimate of drug-likeness (QED) is 0.422. The number of hydrogen-bond acceptors (Lipinski definition) is 1. The maximum absolute atomic E-state index is 5.34. The third-order valence-electron chi connectivity index (χ3n) is 1.41. The molecule has 0 amide bonds. The molecular weight excluding hydrogens is 177 g/mol. The molecule has 0 bridgehead atoms. The van der Waals surface area contributed by atoms with Gasteiger partial charge in [-0.25, -0.2) is 0 Å². The minimum atomic E-state index is 0. The molecule has 0 aromatic rings. The third kappa shape index (κ3) is 2.89. The van der Waals surface area contributed by atoms with Crippen molar-refractivity contribution in [3.8, 4) is 0 Å². The van der Waals surface area contributed by atoms with Gasteiger partial charge in [-0.3, -0.25) is 0 Å². The van der Waals surface area contributed by atoms with Gasteiger partial charge in [0.2, 0.25) is 0 Å². The van der Waals surface area contributed by atoms with Gasteiger partial charge >= 0.3 is 17.6 Å². The first kappa shape index (κ1) is 8.72. The van der Waals surface area contributed by atoms with Crippen LogP contribution < -0.4 is 0 Å². The molecule has 1 aliphatic rings. The van der Waals surface area contributed by atoms with Crippen LogP contribution in [0.4, 0.5) is 0 Å². The molecular formula is C5H16GeOSi. The van der Waals surface area contributed by atoms with Gasteiger partial charge in [0.1, 0.15) is 0 Å². The van der Waals surface area contributed by atoms with Crippen molar-refractivity contribution >= 4 is 27.8 Å². The maximum Gasteiger partial charge on any atom is 0.0465 e. The molecule has 1 saturated heterocycles. The molecule has 1 fully saturated rings. The van der Waals surface area contributed by atoms with Crippen molar-refractivity contribution in [2.75, 3.05) is 6.61 Å². The molecule has 3 heteroatoms. The van der Waals surface area contributed by atoms with Crippen LogP contribution in [0.3, 0.4) is 0 Å². The summed E-state index contributed by atoms with van der Waals surface area (Å²) in [4.78, 5) is 0. The van der Waals surface area contributed by atoms with Gasteiger partial charge in [-0.1, -0.05) is 0 Å². The van der Waals surface area contributed by atoms with E-state index in [9.17, 15) is 0 Å². The van der Waals surface area contributed by atoms with E-state index in [4.69, 9.17) is 4.74 Å². The smallest absolute Gasteiger partial charge is 0.0465 e. The standard InChI is InChI=1S/C5H12OSi.GeH4/c7-5-3-1-2-4-6-5;/h5H,1-4H2,7H3;1H4. The van der Waals surface area contributed by atoms with E-state index >= 15 is 0 Å². The Morgan fingerprint density at radius 3 is 2.38 bits per heavy atom. The minimum Gasteiger partial charge on any atom is -0.383 e. The van der Waals surface area contributed by atoms with E-state index in [2.05, 4.69) is 0 Å². The number of hydrogen-bond donors (Lipinski definition) is 0. The van der Waals surface area contributed by atoms with Gasteiger partial charge in [0, 0.05) is 22.6 Å². The Morgan fingerprint density at radius 1 is 1.38 bits per heavy atom. The summed E-state index contributed by atoms with van der Waals surface area (Å²) in [6.07, 6.45) is 4.01. The molecule has 0 aliphatic carbocycles. The first-order valence-electron chi connectivity index (χ1n) is 3.01. The van der Waals surface area contributed by atoms with E-state index < -0.39 is 0 Å². The molecule has 0 saturated carbocycles. The summed E-state index contributed by atoms with van der Waals surface area (Å²) in [5, 5.41) is 0. The van der Waals surface area contributed by atoms with Crippen LogP contribution >= 0.6 is 0 Å². The molecule has 1 atom stereocenters. The summed E-state index contributed by atoms with van der Waals surface area (Å²) in [6.45, 7) is 1.02. The Bertz CT molecular complexity index is 54.4. The zero-order valence-corrected chi connectivity index (χ0v) is 6.81. The van der Waals surface area contributed by atoms with Crippen molar-refractivity contribution in [3.05, 3.63) is 0 Å². The second-order valence-corrected chi connectivity index (χ2v) is 3.47. The largest absolute Gasteiger partial charge is 0.383 e. The normalized spacial score (nSPS) is 29.2. The van der Waals surface area contributed by atoms with Gasteiger partial charge in [-0.15, -0.1) is 0 Å². The monoisotopic (exact) mass is 194 g/mol. The van der Waals surface area contributed by atoms with Crippen LogP contribution in [0.15, 0.2) is 0 Å².